The smallest absolute Gasteiger partial charge is 0.226 e. The molecule has 2 aromatic carbocycles. The number of anilines is 3. The predicted molar refractivity (Wildman–Crippen MR) is 129 cm³/mol. The highest BCUT2D eigenvalue weighted by Crippen LogP contribution is 2.26. The molecule has 166 valence electrons. The van der Waals surface area contributed by atoms with Crippen LogP contribution in [0.25, 0.3) is 11.2 Å². The summed E-state index contributed by atoms with van der Waals surface area (Å²) in [7, 11) is 0. The highest BCUT2D eigenvalue weighted by Gasteiger charge is 2.17. The molecule has 2 aromatic heterocycles. The van der Waals surface area contributed by atoms with Crippen molar-refractivity contribution in [3.63, 3.8) is 0 Å². The molecule has 0 aliphatic carbocycles. The maximum absolute atomic E-state index is 10.1. The van der Waals surface area contributed by atoms with Crippen LogP contribution in [0.2, 0.25) is 5.02 Å². The first kappa shape index (κ1) is 21.9. The Bertz CT molecular complexity index is 1220. The largest absolute Gasteiger partial charge is 0.397 e. The van der Waals surface area contributed by atoms with Crippen LogP contribution in [0, 0.1) is 0 Å². The lowest BCUT2D eigenvalue weighted by atomic mass is 10.1. The van der Waals surface area contributed by atoms with Crippen molar-refractivity contribution in [2.75, 3.05) is 22.9 Å². The van der Waals surface area contributed by atoms with Crippen molar-refractivity contribution >= 4 is 40.2 Å². The number of para-hydroxylation sites is 1. The molecular formula is C23H26ClN7O. The number of halogens is 1. The molecule has 0 saturated carbocycles. The normalized spacial score (nSPS) is 11.6. The maximum Gasteiger partial charge on any atom is 0.226 e. The third-order valence-corrected chi connectivity index (χ3v) is 5.26. The Labute approximate surface area is 191 Å². The Morgan fingerprint density at radius 2 is 1.84 bits per heavy atom. The number of aromatic nitrogens is 4. The van der Waals surface area contributed by atoms with Crippen LogP contribution in [-0.4, -0.2) is 36.8 Å². The SMILES string of the molecule is CC(C)(O)CNc1nc(NCc2cccc(Cl)c2N)c2ncn(Cc3ccccc3)c2n1. The van der Waals surface area contributed by atoms with Gasteiger partial charge >= 0.3 is 0 Å². The standard InChI is InChI=1S/C23H26ClN7O/c1-23(2,32)13-27-22-29-20(26-11-16-9-6-10-17(24)18(16)25)19-21(30-22)31(14-28-19)12-15-7-4-3-5-8-15/h3-10,14,32H,11-13,25H2,1-2H3,(H2,26,27,29,30). The van der Waals surface area contributed by atoms with Gasteiger partial charge in [0.05, 0.1) is 29.2 Å². The lowest BCUT2D eigenvalue weighted by molar-refractivity contribution is 0.0943. The summed E-state index contributed by atoms with van der Waals surface area (Å²) in [5, 5.41) is 17.0. The number of hydrogen-bond acceptors (Lipinski definition) is 7. The fourth-order valence-corrected chi connectivity index (χ4v) is 3.45. The molecule has 0 aliphatic rings. The van der Waals surface area contributed by atoms with E-state index >= 15 is 0 Å². The summed E-state index contributed by atoms with van der Waals surface area (Å²) in [6.07, 6.45) is 1.75. The highest BCUT2D eigenvalue weighted by molar-refractivity contribution is 6.33. The molecule has 0 spiro atoms. The molecule has 0 fully saturated rings. The van der Waals surface area contributed by atoms with Crippen molar-refractivity contribution in [1.29, 1.82) is 0 Å². The van der Waals surface area contributed by atoms with Gasteiger partial charge < -0.3 is 26.0 Å². The Morgan fingerprint density at radius 1 is 1.06 bits per heavy atom. The Balaban J connectivity index is 1.68. The van der Waals surface area contributed by atoms with Gasteiger partial charge in [0.15, 0.2) is 17.0 Å². The fraction of sp³-hybridized carbons (Fsp3) is 0.261. The number of nitrogens with zero attached hydrogens (tertiary/aromatic N) is 4. The molecular weight excluding hydrogens is 426 g/mol. The van der Waals surface area contributed by atoms with Gasteiger partial charge in [-0.2, -0.15) is 9.97 Å². The van der Waals surface area contributed by atoms with Crippen molar-refractivity contribution in [3.05, 3.63) is 71.0 Å². The minimum absolute atomic E-state index is 0.298. The average molecular weight is 452 g/mol. The first-order chi connectivity index (χ1) is 15.3. The third-order valence-electron chi connectivity index (χ3n) is 4.93. The van der Waals surface area contributed by atoms with Crippen LogP contribution in [-0.2, 0) is 13.1 Å². The van der Waals surface area contributed by atoms with Crippen LogP contribution < -0.4 is 16.4 Å². The van der Waals surface area contributed by atoms with Crippen LogP contribution in [0.1, 0.15) is 25.0 Å². The molecule has 0 saturated heterocycles. The molecule has 0 aliphatic heterocycles. The Kier molecular flexibility index (Phi) is 6.16. The number of nitrogen functional groups attached to an aromatic ring is 1. The number of nitrogens with two attached hydrogens (primary N) is 1. The molecule has 0 bridgehead atoms. The first-order valence-electron chi connectivity index (χ1n) is 10.3. The second-order valence-corrected chi connectivity index (χ2v) is 8.67. The zero-order valence-electron chi connectivity index (χ0n) is 18.0. The number of rotatable bonds is 8. The third kappa shape index (κ3) is 5.09. The molecule has 4 rings (SSSR count). The lowest BCUT2D eigenvalue weighted by Gasteiger charge is -2.18. The molecule has 8 nitrogen and oxygen atoms in total. The van der Waals surface area contributed by atoms with Crippen molar-refractivity contribution in [1.82, 2.24) is 19.5 Å². The second kappa shape index (κ2) is 9.02. The zero-order chi connectivity index (χ0) is 22.7. The van der Waals surface area contributed by atoms with E-state index in [0.717, 1.165) is 11.1 Å². The summed E-state index contributed by atoms with van der Waals surface area (Å²) >= 11 is 6.15. The van der Waals surface area contributed by atoms with Gasteiger partial charge in [0.2, 0.25) is 5.95 Å². The molecule has 0 unspecified atom stereocenters. The minimum Gasteiger partial charge on any atom is -0.397 e. The summed E-state index contributed by atoms with van der Waals surface area (Å²) in [6, 6.07) is 15.6. The van der Waals surface area contributed by atoms with Crippen molar-refractivity contribution < 1.29 is 5.11 Å². The lowest BCUT2D eigenvalue weighted by Crippen LogP contribution is -2.30. The number of aliphatic hydroxyl groups is 1. The number of hydrogen-bond donors (Lipinski definition) is 4. The summed E-state index contributed by atoms with van der Waals surface area (Å²) in [4.78, 5) is 13.8. The predicted octanol–water partition coefficient (Wildman–Crippen LogP) is 3.91. The van der Waals surface area contributed by atoms with Gasteiger partial charge in [-0.15, -0.1) is 0 Å². The van der Waals surface area contributed by atoms with Crippen molar-refractivity contribution in [2.24, 2.45) is 0 Å². The van der Waals surface area contributed by atoms with E-state index in [2.05, 4.69) is 37.7 Å². The summed E-state index contributed by atoms with van der Waals surface area (Å²) < 4.78 is 1.97. The van der Waals surface area contributed by atoms with E-state index in [4.69, 9.17) is 17.3 Å². The Morgan fingerprint density at radius 3 is 2.59 bits per heavy atom. The molecule has 0 radical (unpaired) electrons. The first-order valence-corrected chi connectivity index (χ1v) is 10.7. The fourth-order valence-electron chi connectivity index (χ4n) is 3.25. The highest BCUT2D eigenvalue weighted by atomic mass is 35.5. The van der Waals surface area contributed by atoms with Crippen molar-refractivity contribution in [3.8, 4) is 0 Å². The van der Waals surface area contributed by atoms with Gasteiger partial charge in [0, 0.05) is 13.1 Å². The van der Waals surface area contributed by atoms with Crippen LogP contribution >= 0.6 is 11.6 Å². The number of fused-ring (bicyclic) bond motifs is 1. The average Bonchev–Trinajstić information content (AvgIpc) is 3.16. The summed E-state index contributed by atoms with van der Waals surface area (Å²) in [5.74, 6) is 0.968. The summed E-state index contributed by atoms with van der Waals surface area (Å²) in [6.45, 7) is 4.79. The van der Waals surface area contributed by atoms with E-state index in [0.29, 0.717) is 53.3 Å². The van der Waals surface area contributed by atoms with E-state index < -0.39 is 5.60 Å². The van der Waals surface area contributed by atoms with Gasteiger partial charge in [0.1, 0.15) is 0 Å². The second-order valence-electron chi connectivity index (χ2n) is 8.26. The topological polar surface area (TPSA) is 114 Å². The monoisotopic (exact) mass is 451 g/mol. The number of nitrogens with one attached hydrogen (secondary N) is 2. The van der Waals surface area contributed by atoms with Gasteiger partial charge in [-0.1, -0.05) is 54.1 Å². The quantitative estimate of drug-likeness (QED) is 0.300. The minimum atomic E-state index is -0.911. The van der Waals surface area contributed by atoms with E-state index in [1.807, 2.05) is 34.9 Å². The van der Waals surface area contributed by atoms with Crippen LogP contribution in [0.4, 0.5) is 17.5 Å². The van der Waals surface area contributed by atoms with E-state index in [9.17, 15) is 5.11 Å². The van der Waals surface area contributed by atoms with Crippen molar-refractivity contribution in [2.45, 2.75) is 32.5 Å². The Hall–Kier alpha value is -3.36. The van der Waals surface area contributed by atoms with E-state index in [1.165, 1.54) is 0 Å². The van der Waals surface area contributed by atoms with E-state index in [-0.39, 0.29) is 0 Å². The van der Waals surface area contributed by atoms with Gasteiger partial charge in [-0.3, -0.25) is 0 Å². The van der Waals surface area contributed by atoms with Crippen LogP contribution in [0.15, 0.2) is 54.9 Å². The molecule has 2 heterocycles. The van der Waals surface area contributed by atoms with Crippen LogP contribution in [0.3, 0.4) is 0 Å². The van der Waals surface area contributed by atoms with Gasteiger partial charge in [0.25, 0.3) is 0 Å². The zero-order valence-corrected chi connectivity index (χ0v) is 18.8. The molecule has 0 amide bonds. The molecule has 32 heavy (non-hydrogen) atoms. The van der Waals surface area contributed by atoms with Gasteiger partial charge in [-0.05, 0) is 31.0 Å². The molecule has 9 heteroatoms. The van der Waals surface area contributed by atoms with Crippen LogP contribution in [0.5, 0.6) is 0 Å². The van der Waals surface area contributed by atoms with Gasteiger partial charge in [-0.25, -0.2) is 4.98 Å². The molecule has 5 N–H and O–H groups in total. The molecule has 4 aromatic rings. The number of benzene rings is 2. The van der Waals surface area contributed by atoms with E-state index in [1.54, 1.807) is 26.2 Å². The summed E-state index contributed by atoms with van der Waals surface area (Å²) in [5.41, 5.74) is 9.06. The maximum atomic E-state index is 10.1. The number of imidazole rings is 1. The molecule has 0 atom stereocenters.